The third-order valence-corrected chi connectivity index (χ3v) is 1.94. The second-order valence-corrected chi connectivity index (χ2v) is 3.79. The second kappa shape index (κ2) is 10.1. The number of aliphatic hydroxyl groups excluding tert-OH is 1. The van der Waals surface area contributed by atoms with Crippen LogP contribution in [0.4, 0.5) is 0 Å². The Morgan fingerprint density at radius 3 is 2.67 bits per heavy atom. The van der Waals surface area contributed by atoms with Crippen molar-refractivity contribution in [2.75, 3.05) is 19.8 Å². The summed E-state index contributed by atoms with van der Waals surface area (Å²) in [5.74, 6) is 0. The summed E-state index contributed by atoms with van der Waals surface area (Å²) >= 11 is 0. The highest BCUT2D eigenvalue weighted by molar-refractivity contribution is 4.87. The monoisotopic (exact) mass is 216 g/mol. The summed E-state index contributed by atoms with van der Waals surface area (Å²) in [7, 11) is 0. The lowest BCUT2D eigenvalue weighted by Crippen LogP contribution is -2.15. The van der Waals surface area contributed by atoms with Gasteiger partial charge < -0.3 is 14.6 Å². The first kappa shape index (κ1) is 14.6. The largest absolute Gasteiger partial charge is 0.379 e. The van der Waals surface area contributed by atoms with Gasteiger partial charge in [0, 0.05) is 6.61 Å². The Bertz CT molecular complexity index is 157. The molecule has 0 saturated carbocycles. The van der Waals surface area contributed by atoms with Crippen molar-refractivity contribution in [1.29, 1.82) is 0 Å². The van der Waals surface area contributed by atoms with E-state index in [1.54, 1.807) is 0 Å². The molecule has 0 aromatic rings. The zero-order valence-electron chi connectivity index (χ0n) is 10.00. The molecule has 15 heavy (non-hydrogen) atoms. The van der Waals surface area contributed by atoms with E-state index >= 15 is 0 Å². The molecule has 1 N–H and O–H groups in total. The Kier molecular flexibility index (Phi) is 9.89. The van der Waals surface area contributed by atoms with E-state index in [0.29, 0.717) is 19.6 Å². The van der Waals surface area contributed by atoms with Gasteiger partial charge in [0.2, 0.25) is 0 Å². The number of ether oxygens (including phenoxy) is 2. The minimum absolute atomic E-state index is 0.467. The molecule has 0 bridgehead atoms. The van der Waals surface area contributed by atoms with Crippen LogP contribution < -0.4 is 0 Å². The predicted molar refractivity (Wildman–Crippen MR) is 61.7 cm³/mol. The number of rotatable bonds is 10. The molecule has 0 radical (unpaired) electrons. The van der Waals surface area contributed by atoms with Crippen LogP contribution in [-0.2, 0) is 9.47 Å². The molecule has 0 aliphatic carbocycles. The maximum absolute atomic E-state index is 9.41. The van der Waals surface area contributed by atoms with Gasteiger partial charge in [0.05, 0.1) is 13.2 Å². The van der Waals surface area contributed by atoms with E-state index in [1.165, 1.54) is 0 Å². The highest BCUT2D eigenvalue weighted by atomic mass is 16.6. The average Bonchev–Trinajstić information content (AvgIpc) is 2.17. The van der Waals surface area contributed by atoms with Crippen molar-refractivity contribution < 1.29 is 14.6 Å². The minimum Gasteiger partial charge on any atom is -0.379 e. The molecular weight excluding hydrogens is 192 g/mol. The van der Waals surface area contributed by atoms with Gasteiger partial charge in [-0.2, -0.15) is 0 Å². The summed E-state index contributed by atoms with van der Waals surface area (Å²) in [6.07, 6.45) is 2.90. The first-order valence-corrected chi connectivity index (χ1v) is 5.68. The van der Waals surface area contributed by atoms with E-state index in [2.05, 4.69) is 13.5 Å². The lowest BCUT2D eigenvalue weighted by molar-refractivity contribution is -0.116. The summed E-state index contributed by atoms with van der Waals surface area (Å²) in [5.41, 5.74) is 1.15. The van der Waals surface area contributed by atoms with Crippen molar-refractivity contribution in [3.8, 4) is 0 Å². The summed E-state index contributed by atoms with van der Waals surface area (Å²) < 4.78 is 10.4. The molecule has 0 aromatic heterocycles. The molecule has 0 heterocycles. The normalized spacial score (nSPS) is 12.7. The number of allylic oxidation sites excluding steroid dienone is 1. The van der Waals surface area contributed by atoms with Crippen molar-refractivity contribution in [3.63, 3.8) is 0 Å². The maximum Gasteiger partial charge on any atom is 0.154 e. The Hall–Kier alpha value is -0.380. The smallest absolute Gasteiger partial charge is 0.154 e. The highest BCUT2D eigenvalue weighted by Gasteiger charge is 2.03. The molecule has 1 unspecified atom stereocenters. The van der Waals surface area contributed by atoms with Gasteiger partial charge in [-0.25, -0.2) is 0 Å². The Morgan fingerprint density at radius 1 is 1.33 bits per heavy atom. The fraction of sp³-hybridized carbons (Fsp3) is 0.833. The first-order chi connectivity index (χ1) is 7.16. The molecule has 0 aromatic carbocycles. The van der Waals surface area contributed by atoms with Crippen LogP contribution in [0.2, 0.25) is 0 Å². The third kappa shape index (κ3) is 11.5. The van der Waals surface area contributed by atoms with Crippen LogP contribution in [0.3, 0.4) is 0 Å². The number of aliphatic hydroxyl groups is 1. The number of hydrogen-bond donors (Lipinski definition) is 1. The van der Waals surface area contributed by atoms with E-state index in [0.717, 1.165) is 31.4 Å². The number of hydrogen-bond acceptors (Lipinski definition) is 3. The van der Waals surface area contributed by atoms with Crippen LogP contribution in [0.25, 0.3) is 0 Å². The third-order valence-electron chi connectivity index (χ3n) is 1.94. The van der Waals surface area contributed by atoms with Gasteiger partial charge in [-0.3, -0.25) is 0 Å². The zero-order chi connectivity index (χ0) is 11.5. The Morgan fingerprint density at radius 2 is 2.07 bits per heavy atom. The second-order valence-electron chi connectivity index (χ2n) is 3.79. The van der Waals surface area contributed by atoms with Gasteiger partial charge in [0.25, 0.3) is 0 Å². The zero-order valence-corrected chi connectivity index (χ0v) is 10.00. The Balaban J connectivity index is 3.18. The van der Waals surface area contributed by atoms with Crippen molar-refractivity contribution in [2.45, 2.75) is 45.8 Å². The van der Waals surface area contributed by atoms with Crippen molar-refractivity contribution in [3.05, 3.63) is 12.2 Å². The molecule has 0 rings (SSSR count). The van der Waals surface area contributed by atoms with Crippen LogP contribution in [0.5, 0.6) is 0 Å². The lowest BCUT2D eigenvalue weighted by Gasteiger charge is -2.11. The van der Waals surface area contributed by atoms with Gasteiger partial charge in [0.15, 0.2) is 6.29 Å². The molecule has 0 aliphatic rings. The fourth-order valence-corrected chi connectivity index (χ4v) is 1.15. The molecule has 0 fully saturated rings. The molecule has 0 amide bonds. The highest BCUT2D eigenvalue weighted by Crippen LogP contribution is 2.07. The van der Waals surface area contributed by atoms with E-state index in [4.69, 9.17) is 9.47 Å². The van der Waals surface area contributed by atoms with Crippen molar-refractivity contribution in [1.82, 2.24) is 0 Å². The molecular formula is C12H24O3. The van der Waals surface area contributed by atoms with Crippen molar-refractivity contribution >= 4 is 0 Å². The van der Waals surface area contributed by atoms with E-state index in [9.17, 15) is 5.11 Å². The predicted octanol–water partition coefficient (Wildman–Crippen LogP) is 2.49. The molecule has 0 spiro atoms. The summed E-state index contributed by atoms with van der Waals surface area (Å²) in [6.45, 7) is 9.65. The average molecular weight is 216 g/mol. The van der Waals surface area contributed by atoms with Crippen molar-refractivity contribution in [2.24, 2.45) is 0 Å². The summed E-state index contributed by atoms with van der Waals surface area (Å²) in [6, 6.07) is 0. The minimum atomic E-state index is -0.658. The fourth-order valence-electron chi connectivity index (χ4n) is 1.15. The maximum atomic E-state index is 9.41. The molecule has 3 heteroatoms. The summed E-state index contributed by atoms with van der Waals surface area (Å²) in [4.78, 5) is 0. The summed E-state index contributed by atoms with van der Waals surface area (Å²) in [5, 5.41) is 9.41. The van der Waals surface area contributed by atoms with Gasteiger partial charge in [-0.1, -0.05) is 12.5 Å². The SMILES string of the molecule is C=C(C)CCCC(O)OCCOCCC. The molecule has 0 saturated heterocycles. The van der Waals surface area contributed by atoms with Crippen LogP contribution in [-0.4, -0.2) is 31.2 Å². The van der Waals surface area contributed by atoms with Gasteiger partial charge in [-0.05, 0) is 32.6 Å². The van der Waals surface area contributed by atoms with Gasteiger partial charge in [0.1, 0.15) is 0 Å². The molecule has 90 valence electrons. The van der Waals surface area contributed by atoms with E-state index in [1.807, 2.05) is 6.92 Å². The van der Waals surface area contributed by atoms with E-state index in [-0.39, 0.29) is 0 Å². The lowest BCUT2D eigenvalue weighted by atomic mass is 10.1. The topological polar surface area (TPSA) is 38.7 Å². The van der Waals surface area contributed by atoms with Gasteiger partial charge in [-0.15, -0.1) is 6.58 Å². The molecule has 0 aliphatic heterocycles. The van der Waals surface area contributed by atoms with Crippen LogP contribution in [0.1, 0.15) is 39.5 Å². The van der Waals surface area contributed by atoms with Crippen LogP contribution in [0.15, 0.2) is 12.2 Å². The molecule has 1 atom stereocenters. The Labute approximate surface area is 93.1 Å². The van der Waals surface area contributed by atoms with Crippen LogP contribution >= 0.6 is 0 Å². The van der Waals surface area contributed by atoms with Crippen LogP contribution in [0, 0.1) is 0 Å². The quantitative estimate of drug-likeness (QED) is 0.346. The standard InChI is InChI=1S/C12H24O3/c1-4-8-14-9-10-15-12(13)7-5-6-11(2)3/h12-13H,2,4-10H2,1,3H3. The first-order valence-electron chi connectivity index (χ1n) is 5.68. The van der Waals surface area contributed by atoms with E-state index < -0.39 is 6.29 Å². The molecule has 3 nitrogen and oxygen atoms in total. The van der Waals surface area contributed by atoms with Gasteiger partial charge >= 0.3 is 0 Å².